The van der Waals surface area contributed by atoms with Crippen LogP contribution in [-0.2, 0) is 7.05 Å². The molecule has 150 valence electrons. The van der Waals surface area contributed by atoms with Gasteiger partial charge in [0, 0.05) is 35.9 Å². The molecular formula is C23H25N3O3. The summed E-state index contributed by atoms with van der Waals surface area (Å²) in [6.07, 6.45) is 2.74. The number of H-pyrrole nitrogens is 1. The molecule has 4 rings (SSSR count). The zero-order valence-electron chi connectivity index (χ0n) is 17.1. The van der Waals surface area contributed by atoms with Crippen LogP contribution in [0.25, 0.3) is 22.0 Å². The summed E-state index contributed by atoms with van der Waals surface area (Å²) in [5.41, 5.74) is 3.18. The number of hydrogen-bond donors (Lipinski definition) is 1. The van der Waals surface area contributed by atoms with Gasteiger partial charge < -0.3 is 14.3 Å². The lowest BCUT2D eigenvalue weighted by molar-refractivity contribution is 0.0976. The Labute approximate surface area is 168 Å². The number of benzene rings is 2. The van der Waals surface area contributed by atoms with Gasteiger partial charge in [0.1, 0.15) is 0 Å². The topological polar surface area (TPSA) is 71.2 Å². The van der Waals surface area contributed by atoms with Crippen molar-refractivity contribution >= 4 is 33.6 Å². The molecular weight excluding hydrogens is 366 g/mol. The number of aromatic amines is 1. The van der Waals surface area contributed by atoms with E-state index in [2.05, 4.69) is 25.8 Å². The van der Waals surface area contributed by atoms with Gasteiger partial charge >= 0.3 is 5.76 Å². The fraction of sp³-hybridized carbons (Fsp3) is 0.304. The first-order chi connectivity index (χ1) is 13.9. The summed E-state index contributed by atoms with van der Waals surface area (Å²) in [5.74, 6) is -0.217. The normalized spacial score (nSPS) is 12.7. The number of para-hydroxylation sites is 1. The van der Waals surface area contributed by atoms with Crippen molar-refractivity contribution in [2.24, 2.45) is 13.0 Å². The van der Waals surface area contributed by atoms with E-state index in [9.17, 15) is 9.59 Å². The first-order valence-electron chi connectivity index (χ1n) is 9.86. The molecule has 29 heavy (non-hydrogen) atoms. The van der Waals surface area contributed by atoms with Crippen LogP contribution in [0.1, 0.15) is 37.6 Å². The quantitative estimate of drug-likeness (QED) is 0.536. The lowest BCUT2D eigenvalue weighted by Gasteiger charge is -2.31. The molecule has 0 aliphatic rings. The van der Waals surface area contributed by atoms with E-state index in [1.807, 2.05) is 35.4 Å². The molecule has 0 saturated heterocycles. The molecule has 0 saturated carbocycles. The molecule has 0 bridgehead atoms. The van der Waals surface area contributed by atoms with Crippen LogP contribution in [0.3, 0.4) is 0 Å². The number of nitrogens with one attached hydrogen (secondary N) is 1. The second-order valence-corrected chi connectivity index (χ2v) is 7.98. The van der Waals surface area contributed by atoms with Gasteiger partial charge in [-0.3, -0.25) is 9.36 Å². The molecule has 4 aromatic rings. The Hall–Kier alpha value is -3.28. The monoisotopic (exact) mass is 391 g/mol. The molecule has 2 aromatic carbocycles. The SMILES string of the molecule is CC(C)C[C@@H](C)N(C(=O)c1cccc2c1oc(=O)n2C)c1ccc2[nH]ccc2c1. The standard InChI is InChI=1S/C23H25N3O3/c1-14(2)12-15(3)26(17-8-9-19-16(13-17)10-11-24-19)22(27)18-6-5-7-20-21(18)29-23(28)25(20)4/h5-11,13-15,24H,12H2,1-4H3/t15-/m1/s1. The van der Waals surface area contributed by atoms with Crippen LogP contribution in [0.5, 0.6) is 0 Å². The van der Waals surface area contributed by atoms with Crippen molar-refractivity contribution < 1.29 is 9.21 Å². The number of carbonyl (C=O) groups excluding carboxylic acids is 1. The Morgan fingerprint density at radius 1 is 1.17 bits per heavy atom. The average molecular weight is 391 g/mol. The van der Waals surface area contributed by atoms with Crippen LogP contribution in [-0.4, -0.2) is 21.5 Å². The van der Waals surface area contributed by atoms with E-state index in [1.165, 1.54) is 4.57 Å². The lowest BCUT2D eigenvalue weighted by atomic mass is 10.0. The van der Waals surface area contributed by atoms with Crippen LogP contribution in [0.15, 0.2) is 57.9 Å². The van der Waals surface area contributed by atoms with Gasteiger partial charge in [-0.2, -0.15) is 0 Å². The van der Waals surface area contributed by atoms with Gasteiger partial charge in [-0.25, -0.2) is 4.79 Å². The van der Waals surface area contributed by atoms with Crippen molar-refractivity contribution in [2.45, 2.75) is 33.2 Å². The molecule has 0 unspecified atom stereocenters. The van der Waals surface area contributed by atoms with E-state index >= 15 is 0 Å². The summed E-state index contributed by atoms with van der Waals surface area (Å²) in [5, 5.41) is 1.04. The number of carbonyl (C=O) groups is 1. The maximum atomic E-state index is 13.7. The highest BCUT2D eigenvalue weighted by Crippen LogP contribution is 2.29. The smallest absolute Gasteiger partial charge is 0.407 e. The summed E-state index contributed by atoms with van der Waals surface area (Å²) in [4.78, 5) is 30.7. The largest absolute Gasteiger partial charge is 0.419 e. The highest BCUT2D eigenvalue weighted by molar-refractivity contribution is 6.13. The highest BCUT2D eigenvalue weighted by Gasteiger charge is 2.27. The number of hydrogen-bond acceptors (Lipinski definition) is 3. The third-order valence-corrected chi connectivity index (χ3v) is 5.34. The number of fused-ring (bicyclic) bond motifs is 2. The van der Waals surface area contributed by atoms with Crippen molar-refractivity contribution in [3.8, 4) is 0 Å². The van der Waals surface area contributed by atoms with E-state index in [-0.39, 0.29) is 11.9 Å². The Morgan fingerprint density at radius 3 is 2.72 bits per heavy atom. The molecule has 0 aliphatic carbocycles. The summed E-state index contributed by atoms with van der Waals surface area (Å²) in [6, 6.07) is 13.2. The molecule has 2 heterocycles. The van der Waals surface area contributed by atoms with E-state index < -0.39 is 5.76 Å². The minimum absolute atomic E-state index is 0.0235. The molecule has 6 nitrogen and oxygen atoms in total. The van der Waals surface area contributed by atoms with Gasteiger partial charge in [0.05, 0.1) is 11.1 Å². The van der Waals surface area contributed by atoms with E-state index in [0.29, 0.717) is 22.6 Å². The van der Waals surface area contributed by atoms with E-state index in [4.69, 9.17) is 4.42 Å². The maximum absolute atomic E-state index is 13.7. The molecule has 1 N–H and O–H groups in total. The Kier molecular flexibility index (Phi) is 4.78. The van der Waals surface area contributed by atoms with Crippen molar-refractivity contribution in [3.05, 3.63) is 64.8 Å². The van der Waals surface area contributed by atoms with Gasteiger partial charge in [0.25, 0.3) is 5.91 Å². The van der Waals surface area contributed by atoms with Gasteiger partial charge in [-0.05, 0) is 55.7 Å². The van der Waals surface area contributed by atoms with Gasteiger partial charge in [0.15, 0.2) is 5.58 Å². The van der Waals surface area contributed by atoms with E-state index in [1.54, 1.807) is 25.2 Å². The van der Waals surface area contributed by atoms with Gasteiger partial charge in [-0.15, -0.1) is 0 Å². The Morgan fingerprint density at radius 2 is 1.97 bits per heavy atom. The Balaban J connectivity index is 1.85. The summed E-state index contributed by atoms with van der Waals surface area (Å²) < 4.78 is 6.83. The van der Waals surface area contributed by atoms with Crippen LogP contribution >= 0.6 is 0 Å². The van der Waals surface area contributed by atoms with E-state index in [0.717, 1.165) is 23.0 Å². The second kappa shape index (κ2) is 7.28. The summed E-state index contributed by atoms with van der Waals surface area (Å²) >= 11 is 0. The highest BCUT2D eigenvalue weighted by atomic mass is 16.4. The number of aromatic nitrogens is 2. The minimum atomic E-state index is -0.476. The lowest BCUT2D eigenvalue weighted by Crippen LogP contribution is -2.39. The molecule has 1 amide bonds. The third-order valence-electron chi connectivity index (χ3n) is 5.34. The zero-order chi connectivity index (χ0) is 20.7. The third kappa shape index (κ3) is 3.35. The number of nitrogens with zero attached hydrogens (tertiary/aromatic N) is 2. The van der Waals surface area contributed by atoms with Crippen LogP contribution in [0.4, 0.5) is 5.69 Å². The second-order valence-electron chi connectivity index (χ2n) is 7.98. The van der Waals surface area contributed by atoms with Gasteiger partial charge in [0.2, 0.25) is 0 Å². The van der Waals surface area contributed by atoms with Crippen molar-refractivity contribution in [1.29, 1.82) is 0 Å². The molecule has 0 aliphatic heterocycles. The molecule has 0 spiro atoms. The average Bonchev–Trinajstić information content (AvgIpc) is 3.25. The van der Waals surface area contributed by atoms with Crippen LogP contribution in [0.2, 0.25) is 0 Å². The van der Waals surface area contributed by atoms with Crippen LogP contribution < -0.4 is 10.7 Å². The van der Waals surface area contributed by atoms with Crippen LogP contribution in [0, 0.1) is 5.92 Å². The van der Waals surface area contributed by atoms with Gasteiger partial charge in [-0.1, -0.05) is 19.9 Å². The number of rotatable bonds is 5. The summed E-state index contributed by atoms with van der Waals surface area (Å²) in [6.45, 7) is 6.34. The molecule has 1 atom stereocenters. The van der Waals surface area contributed by atoms with Crippen molar-refractivity contribution in [3.63, 3.8) is 0 Å². The number of anilines is 1. The Bertz CT molecular complexity index is 1250. The fourth-order valence-corrected chi connectivity index (χ4v) is 4.00. The number of amides is 1. The number of aryl methyl sites for hydroxylation is 1. The fourth-order valence-electron chi connectivity index (χ4n) is 4.00. The number of oxazole rings is 1. The first kappa shape index (κ1) is 19.1. The van der Waals surface area contributed by atoms with Crippen molar-refractivity contribution in [2.75, 3.05) is 4.90 Å². The first-order valence-corrected chi connectivity index (χ1v) is 9.86. The predicted molar refractivity (Wildman–Crippen MR) is 115 cm³/mol. The maximum Gasteiger partial charge on any atom is 0.419 e. The summed E-state index contributed by atoms with van der Waals surface area (Å²) in [7, 11) is 1.64. The molecule has 2 aromatic heterocycles. The predicted octanol–water partition coefficient (Wildman–Crippen LogP) is 4.69. The molecule has 0 radical (unpaired) electrons. The minimum Gasteiger partial charge on any atom is -0.407 e. The van der Waals surface area contributed by atoms with Crippen molar-refractivity contribution in [1.82, 2.24) is 9.55 Å². The molecule has 0 fully saturated rings. The zero-order valence-corrected chi connectivity index (χ0v) is 17.1. The molecule has 6 heteroatoms.